The second-order valence-corrected chi connectivity index (χ2v) is 10.3. The zero-order valence-electron chi connectivity index (χ0n) is 15.6. The maximum atomic E-state index is 10.1. The summed E-state index contributed by atoms with van der Waals surface area (Å²) in [4.78, 5) is 0. The zero-order valence-corrected chi connectivity index (χ0v) is 15.6. The molecular weight excluding hydrogens is 296 g/mol. The third kappa shape index (κ3) is 1.95. The minimum atomic E-state index is -0.0856. The summed E-state index contributed by atoms with van der Waals surface area (Å²) in [7, 11) is 0. The van der Waals surface area contributed by atoms with Crippen LogP contribution in [-0.2, 0) is 0 Å². The number of aliphatic hydroxyl groups excluding tert-OH is 1. The van der Waals surface area contributed by atoms with E-state index >= 15 is 0 Å². The lowest BCUT2D eigenvalue weighted by Gasteiger charge is -2.58. The molecule has 0 amide bonds. The van der Waals surface area contributed by atoms with Gasteiger partial charge in [0.1, 0.15) is 0 Å². The van der Waals surface area contributed by atoms with E-state index in [9.17, 15) is 5.11 Å². The van der Waals surface area contributed by atoms with Crippen molar-refractivity contribution in [2.24, 2.45) is 34.5 Å². The summed E-state index contributed by atoms with van der Waals surface area (Å²) in [5.41, 5.74) is 9.58. The number of nitrogens with one attached hydrogen (secondary N) is 2. The van der Waals surface area contributed by atoms with E-state index in [0.717, 1.165) is 36.5 Å². The van der Waals surface area contributed by atoms with Gasteiger partial charge in [-0.3, -0.25) is 0 Å². The van der Waals surface area contributed by atoms with Crippen molar-refractivity contribution in [3.63, 3.8) is 0 Å². The molecule has 134 valence electrons. The molecule has 4 aliphatic carbocycles. The molecule has 7 atom stereocenters. The Kier molecular flexibility index (Phi) is 3.21. The van der Waals surface area contributed by atoms with Gasteiger partial charge in [0.15, 0.2) is 0 Å². The molecule has 1 aliphatic heterocycles. The smallest absolute Gasteiger partial charge is 0.0948 e. The predicted molar refractivity (Wildman–Crippen MR) is 95.9 cm³/mol. The normalized spacial score (nSPS) is 55.2. The van der Waals surface area contributed by atoms with E-state index < -0.39 is 0 Å². The first-order chi connectivity index (χ1) is 11.4. The van der Waals surface area contributed by atoms with Gasteiger partial charge >= 0.3 is 0 Å². The molecule has 0 aromatic heterocycles. The zero-order chi connectivity index (χ0) is 16.7. The fourth-order valence-corrected chi connectivity index (χ4v) is 7.86. The molecule has 0 aromatic rings. The highest BCUT2D eigenvalue weighted by molar-refractivity contribution is 5.26. The van der Waals surface area contributed by atoms with Gasteiger partial charge in [0.2, 0.25) is 0 Å². The van der Waals surface area contributed by atoms with Crippen LogP contribution in [0, 0.1) is 34.5 Å². The van der Waals surface area contributed by atoms with E-state index in [1.807, 2.05) is 0 Å². The van der Waals surface area contributed by atoms with Crippen LogP contribution < -0.4 is 10.9 Å². The Morgan fingerprint density at radius 3 is 2.54 bits per heavy atom. The van der Waals surface area contributed by atoms with Gasteiger partial charge < -0.3 is 5.11 Å². The molecule has 3 saturated carbocycles. The standard InChI is InChI=1S/C21H34N2O/c1-19-10-8-14(24)12-13(19)4-5-15-16-6-7-18(21(3)22-23-21)20(16,2)11-9-17(15)19/h4,14-18,22-24H,5-12H2,1-3H3/t14-,15-,16-,17-,18-,19-,20-/m0/s1. The monoisotopic (exact) mass is 330 g/mol. The highest BCUT2D eigenvalue weighted by atomic mass is 16.3. The molecule has 5 aliphatic rings. The Morgan fingerprint density at radius 2 is 1.79 bits per heavy atom. The molecule has 4 fully saturated rings. The number of hydrazine groups is 1. The summed E-state index contributed by atoms with van der Waals surface area (Å²) in [5, 5.41) is 10.1. The molecule has 3 N–H and O–H groups in total. The van der Waals surface area contributed by atoms with Gasteiger partial charge in [-0.05, 0) is 92.8 Å². The van der Waals surface area contributed by atoms with Gasteiger partial charge in [0.05, 0.1) is 11.8 Å². The minimum Gasteiger partial charge on any atom is -0.393 e. The topological polar surface area (TPSA) is 64.1 Å². The average molecular weight is 331 g/mol. The van der Waals surface area contributed by atoms with E-state index in [2.05, 4.69) is 37.7 Å². The van der Waals surface area contributed by atoms with Gasteiger partial charge in [-0.2, -0.15) is 0 Å². The summed E-state index contributed by atoms with van der Waals surface area (Å²) in [6.07, 6.45) is 12.5. The third-order valence-corrected chi connectivity index (χ3v) is 9.29. The molecule has 0 aromatic carbocycles. The third-order valence-electron chi connectivity index (χ3n) is 9.29. The quantitative estimate of drug-likeness (QED) is 0.507. The molecule has 3 heteroatoms. The number of allylic oxidation sites excluding steroid dienone is 1. The van der Waals surface area contributed by atoms with Crippen LogP contribution in [0.4, 0.5) is 0 Å². The van der Waals surface area contributed by atoms with Gasteiger partial charge in [-0.15, -0.1) is 0 Å². The van der Waals surface area contributed by atoms with Crippen molar-refractivity contribution in [3.05, 3.63) is 11.6 Å². The van der Waals surface area contributed by atoms with Crippen LogP contribution in [0.1, 0.15) is 72.1 Å². The molecule has 0 spiro atoms. The van der Waals surface area contributed by atoms with Crippen molar-refractivity contribution in [1.29, 1.82) is 0 Å². The van der Waals surface area contributed by atoms with Crippen molar-refractivity contribution in [1.82, 2.24) is 10.9 Å². The second kappa shape index (κ2) is 4.86. The number of hydrogen-bond donors (Lipinski definition) is 3. The predicted octanol–water partition coefficient (Wildman–Crippen LogP) is 3.75. The van der Waals surface area contributed by atoms with Crippen molar-refractivity contribution < 1.29 is 5.11 Å². The molecule has 0 radical (unpaired) electrons. The molecule has 3 nitrogen and oxygen atoms in total. The molecular formula is C21H34N2O. The van der Waals surface area contributed by atoms with Crippen LogP contribution in [0.15, 0.2) is 11.6 Å². The average Bonchev–Trinajstić information content (AvgIpc) is 3.17. The summed E-state index contributed by atoms with van der Waals surface area (Å²) >= 11 is 0. The van der Waals surface area contributed by atoms with Crippen molar-refractivity contribution >= 4 is 0 Å². The van der Waals surface area contributed by atoms with E-state index in [1.54, 1.807) is 5.57 Å². The fraction of sp³-hybridized carbons (Fsp3) is 0.905. The molecule has 5 rings (SSSR count). The maximum Gasteiger partial charge on any atom is 0.0948 e. The van der Waals surface area contributed by atoms with Crippen LogP contribution in [-0.4, -0.2) is 16.9 Å². The fourth-order valence-electron chi connectivity index (χ4n) is 7.86. The molecule has 1 heterocycles. The van der Waals surface area contributed by atoms with Crippen molar-refractivity contribution in [2.75, 3.05) is 0 Å². The van der Waals surface area contributed by atoms with Crippen molar-refractivity contribution in [2.45, 2.75) is 83.9 Å². The Balaban J connectivity index is 1.47. The Hall–Kier alpha value is -0.380. The van der Waals surface area contributed by atoms with Gasteiger partial charge in [0, 0.05) is 0 Å². The molecule has 0 bridgehead atoms. The largest absolute Gasteiger partial charge is 0.393 e. The Bertz CT molecular complexity index is 582. The van der Waals surface area contributed by atoms with Crippen LogP contribution >= 0.6 is 0 Å². The number of rotatable bonds is 1. The molecule has 24 heavy (non-hydrogen) atoms. The number of fused-ring (bicyclic) bond motifs is 5. The first-order valence-corrected chi connectivity index (χ1v) is 10.3. The summed E-state index contributed by atoms with van der Waals surface area (Å²) in [6.45, 7) is 7.49. The van der Waals surface area contributed by atoms with Crippen LogP contribution in [0.3, 0.4) is 0 Å². The SMILES string of the molecule is CC1([C@H]2CC[C@H]3[C@@H]4CC=C5C[C@@H](O)CC[C@]5(C)[C@H]4CC[C@]23C)NN1. The van der Waals surface area contributed by atoms with Crippen LogP contribution in [0.2, 0.25) is 0 Å². The summed E-state index contributed by atoms with van der Waals surface area (Å²) in [6, 6.07) is 0. The van der Waals surface area contributed by atoms with Gasteiger partial charge in [-0.25, -0.2) is 10.9 Å². The van der Waals surface area contributed by atoms with Crippen LogP contribution in [0.25, 0.3) is 0 Å². The summed E-state index contributed by atoms with van der Waals surface area (Å²) in [5.74, 6) is 3.40. The van der Waals surface area contributed by atoms with E-state index in [4.69, 9.17) is 0 Å². The Labute approximate surface area is 146 Å². The molecule has 0 unspecified atom stereocenters. The first kappa shape index (κ1) is 15.8. The van der Waals surface area contributed by atoms with Gasteiger partial charge in [-0.1, -0.05) is 25.5 Å². The maximum absolute atomic E-state index is 10.1. The van der Waals surface area contributed by atoms with Gasteiger partial charge in [0.25, 0.3) is 0 Å². The lowest BCUT2D eigenvalue weighted by molar-refractivity contribution is -0.0544. The van der Waals surface area contributed by atoms with E-state index in [-0.39, 0.29) is 11.8 Å². The van der Waals surface area contributed by atoms with Crippen molar-refractivity contribution in [3.8, 4) is 0 Å². The first-order valence-electron chi connectivity index (χ1n) is 10.3. The number of hydrogen-bond acceptors (Lipinski definition) is 3. The lowest BCUT2D eigenvalue weighted by Crippen LogP contribution is -2.52. The highest BCUT2D eigenvalue weighted by Crippen LogP contribution is 2.67. The second-order valence-electron chi connectivity index (χ2n) is 10.3. The number of aliphatic hydroxyl groups is 1. The Morgan fingerprint density at radius 1 is 1.00 bits per heavy atom. The van der Waals surface area contributed by atoms with E-state index in [0.29, 0.717) is 10.8 Å². The van der Waals surface area contributed by atoms with Crippen LogP contribution in [0.5, 0.6) is 0 Å². The highest BCUT2D eigenvalue weighted by Gasteiger charge is 2.63. The molecule has 1 saturated heterocycles. The van der Waals surface area contributed by atoms with E-state index in [1.165, 1.54) is 38.5 Å². The lowest BCUT2D eigenvalue weighted by atomic mass is 9.47. The summed E-state index contributed by atoms with van der Waals surface area (Å²) < 4.78 is 0. The minimum absolute atomic E-state index is 0.0856.